The number of piperazine rings is 1. The van der Waals surface area contributed by atoms with E-state index in [1.807, 2.05) is 19.1 Å². The summed E-state index contributed by atoms with van der Waals surface area (Å²) >= 11 is 3.35. The molecule has 0 aromatic carbocycles. The van der Waals surface area contributed by atoms with Gasteiger partial charge >= 0.3 is 6.09 Å². The number of hydrogen-bond acceptors (Lipinski definition) is 3. The van der Waals surface area contributed by atoms with E-state index in [4.69, 9.17) is 5.11 Å². The van der Waals surface area contributed by atoms with E-state index in [0.29, 0.717) is 19.6 Å². The Morgan fingerprint density at radius 3 is 2.82 bits per heavy atom. The number of halogens is 1. The standard InChI is InChI=1S/C11H14BrN3O2/c1-8-7-14(11(16)17)4-5-15(8)10-3-2-9(12)6-13-10/h2-3,6,8H,4-5,7H2,1H3,(H,16,17). The van der Waals surface area contributed by atoms with Crippen LogP contribution >= 0.6 is 15.9 Å². The molecule has 1 saturated heterocycles. The van der Waals surface area contributed by atoms with Gasteiger partial charge < -0.3 is 14.9 Å². The van der Waals surface area contributed by atoms with Crippen molar-refractivity contribution in [2.45, 2.75) is 13.0 Å². The molecule has 0 radical (unpaired) electrons. The third-order valence-corrected chi connectivity index (χ3v) is 3.37. The van der Waals surface area contributed by atoms with E-state index in [1.54, 1.807) is 6.20 Å². The molecule has 6 heteroatoms. The Kier molecular flexibility index (Phi) is 3.51. The number of rotatable bonds is 1. The fourth-order valence-electron chi connectivity index (χ4n) is 2.01. The van der Waals surface area contributed by atoms with Gasteiger partial charge in [-0.2, -0.15) is 0 Å². The molecule has 2 rings (SSSR count). The molecule has 2 heterocycles. The molecule has 1 aromatic heterocycles. The maximum atomic E-state index is 10.9. The molecule has 1 aromatic rings. The van der Waals surface area contributed by atoms with E-state index in [0.717, 1.165) is 10.3 Å². The highest BCUT2D eigenvalue weighted by Gasteiger charge is 2.26. The van der Waals surface area contributed by atoms with Crippen molar-refractivity contribution in [2.24, 2.45) is 0 Å². The monoisotopic (exact) mass is 299 g/mol. The van der Waals surface area contributed by atoms with Crippen molar-refractivity contribution < 1.29 is 9.90 Å². The first kappa shape index (κ1) is 12.2. The second-order valence-electron chi connectivity index (χ2n) is 4.11. The lowest BCUT2D eigenvalue weighted by molar-refractivity contribution is 0.136. The van der Waals surface area contributed by atoms with Crippen LogP contribution in [0.1, 0.15) is 6.92 Å². The molecule has 5 nitrogen and oxygen atoms in total. The average molecular weight is 300 g/mol. The number of anilines is 1. The first-order chi connectivity index (χ1) is 8.08. The summed E-state index contributed by atoms with van der Waals surface area (Å²) in [6.07, 6.45) is 0.909. The Bertz CT molecular complexity index is 410. The molecular weight excluding hydrogens is 286 g/mol. The summed E-state index contributed by atoms with van der Waals surface area (Å²) in [6, 6.07) is 4.03. The molecule has 1 N–H and O–H groups in total. The number of nitrogens with zero attached hydrogens (tertiary/aromatic N) is 3. The van der Waals surface area contributed by atoms with Crippen LogP contribution in [0.4, 0.5) is 10.6 Å². The zero-order valence-electron chi connectivity index (χ0n) is 9.51. The van der Waals surface area contributed by atoms with Gasteiger partial charge in [0.15, 0.2) is 0 Å². The molecule has 1 atom stereocenters. The fourth-order valence-corrected chi connectivity index (χ4v) is 2.24. The minimum Gasteiger partial charge on any atom is -0.465 e. The summed E-state index contributed by atoms with van der Waals surface area (Å²) in [5.41, 5.74) is 0. The van der Waals surface area contributed by atoms with Gasteiger partial charge in [-0.05, 0) is 35.0 Å². The zero-order chi connectivity index (χ0) is 12.4. The summed E-state index contributed by atoms with van der Waals surface area (Å²) in [7, 11) is 0. The predicted octanol–water partition coefficient (Wildman–Crippen LogP) is 2.03. The highest BCUT2D eigenvalue weighted by molar-refractivity contribution is 9.10. The van der Waals surface area contributed by atoms with E-state index in [-0.39, 0.29) is 6.04 Å². The van der Waals surface area contributed by atoms with E-state index in [1.165, 1.54) is 4.90 Å². The number of amides is 1. The molecule has 0 spiro atoms. The van der Waals surface area contributed by atoms with Crippen LogP contribution in [0.25, 0.3) is 0 Å². The van der Waals surface area contributed by atoms with Crippen LogP contribution in [-0.2, 0) is 0 Å². The lowest BCUT2D eigenvalue weighted by Gasteiger charge is -2.39. The summed E-state index contributed by atoms with van der Waals surface area (Å²) in [5.74, 6) is 0.894. The second kappa shape index (κ2) is 4.91. The largest absolute Gasteiger partial charge is 0.465 e. The molecule has 0 bridgehead atoms. The topological polar surface area (TPSA) is 56.7 Å². The van der Waals surface area contributed by atoms with Crippen LogP contribution in [0.2, 0.25) is 0 Å². The number of carboxylic acid groups (broad SMARTS) is 1. The van der Waals surface area contributed by atoms with Gasteiger partial charge in [0.2, 0.25) is 0 Å². The molecule has 0 saturated carbocycles. The van der Waals surface area contributed by atoms with Crippen LogP contribution < -0.4 is 4.90 Å². The van der Waals surface area contributed by atoms with Crippen LogP contribution in [-0.4, -0.2) is 46.8 Å². The zero-order valence-corrected chi connectivity index (χ0v) is 11.1. The summed E-state index contributed by atoms with van der Waals surface area (Å²) in [4.78, 5) is 18.8. The van der Waals surface area contributed by atoms with Crippen LogP contribution in [0.3, 0.4) is 0 Å². The highest BCUT2D eigenvalue weighted by Crippen LogP contribution is 2.20. The number of hydrogen-bond donors (Lipinski definition) is 1. The van der Waals surface area contributed by atoms with Crippen molar-refractivity contribution in [1.82, 2.24) is 9.88 Å². The average Bonchev–Trinajstić information content (AvgIpc) is 2.30. The summed E-state index contributed by atoms with van der Waals surface area (Å²) in [6.45, 7) is 3.74. The fraction of sp³-hybridized carbons (Fsp3) is 0.455. The molecule has 1 amide bonds. The van der Waals surface area contributed by atoms with E-state index in [2.05, 4.69) is 25.8 Å². The summed E-state index contributed by atoms with van der Waals surface area (Å²) in [5, 5.41) is 8.93. The van der Waals surface area contributed by atoms with Gasteiger partial charge in [0.25, 0.3) is 0 Å². The minimum absolute atomic E-state index is 0.147. The molecular formula is C11H14BrN3O2. The second-order valence-corrected chi connectivity index (χ2v) is 5.02. The van der Waals surface area contributed by atoms with Gasteiger partial charge in [-0.3, -0.25) is 0 Å². The van der Waals surface area contributed by atoms with E-state index >= 15 is 0 Å². The van der Waals surface area contributed by atoms with Gasteiger partial charge in [-0.1, -0.05) is 0 Å². The van der Waals surface area contributed by atoms with Crippen molar-refractivity contribution >= 4 is 27.8 Å². The van der Waals surface area contributed by atoms with Gasteiger partial charge in [0.05, 0.1) is 0 Å². The van der Waals surface area contributed by atoms with Gasteiger partial charge in [-0.25, -0.2) is 9.78 Å². The molecule has 1 aliphatic heterocycles. The third-order valence-electron chi connectivity index (χ3n) is 2.90. The van der Waals surface area contributed by atoms with Crippen LogP contribution in [0, 0.1) is 0 Å². The van der Waals surface area contributed by atoms with E-state index < -0.39 is 6.09 Å². The Morgan fingerprint density at radius 2 is 2.29 bits per heavy atom. The smallest absolute Gasteiger partial charge is 0.407 e. The van der Waals surface area contributed by atoms with Gasteiger partial charge in [-0.15, -0.1) is 0 Å². The lowest BCUT2D eigenvalue weighted by Crippen LogP contribution is -2.53. The van der Waals surface area contributed by atoms with Crippen molar-refractivity contribution in [3.05, 3.63) is 22.8 Å². The Hall–Kier alpha value is -1.30. The SMILES string of the molecule is CC1CN(C(=O)O)CCN1c1ccc(Br)cn1. The van der Waals surface area contributed by atoms with Crippen LogP contribution in [0.15, 0.2) is 22.8 Å². The van der Waals surface area contributed by atoms with Crippen LogP contribution in [0.5, 0.6) is 0 Å². The molecule has 0 aliphatic carbocycles. The maximum Gasteiger partial charge on any atom is 0.407 e. The van der Waals surface area contributed by atoms with Crippen molar-refractivity contribution in [1.29, 1.82) is 0 Å². The first-order valence-electron chi connectivity index (χ1n) is 5.44. The maximum absolute atomic E-state index is 10.9. The molecule has 1 fully saturated rings. The molecule has 1 unspecified atom stereocenters. The Labute approximate surface area is 108 Å². The molecule has 1 aliphatic rings. The summed E-state index contributed by atoms with van der Waals surface area (Å²) < 4.78 is 0.943. The minimum atomic E-state index is -0.847. The molecule has 92 valence electrons. The van der Waals surface area contributed by atoms with Gasteiger partial charge in [0.1, 0.15) is 5.82 Å². The normalized spacial score (nSPS) is 20.5. The van der Waals surface area contributed by atoms with Gasteiger partial charge in [0, 0.05) is 36.3 Å². The third kappa shape index (κ3) is 2.69. The first-order valence-corrected chi connectivity index (χ1v) is 6.23. The lowest BCUT2D eigenvalue weighted by atomic mass is 10.2. The van der Waals surface area contributed by atoms with Crippen molar-refractivity contribution in [3.63, 3.8) is 0 Å². The van der Waals surface area contributed by atoms with E-state index in [9.17, 15) is 4.79 Å². The highest BCUT2D eigenvalue weighted by atomic mass is 79.9. The Morgan fingerprint density at radius 1 is 1.53 bits per heavy atom. The quantitative estimate of drug-likeness (QED) is 0.862. The number of pyridine rings is 1. The number of carbonyl (C=O) groups is 1. The molecule has 17 heavy (non-hydrogen) atoms. The Balaban J connectivity index is 2.09. The predicted molar refractivity (Wildman–Crippen MR) is 68.3 cm³/mol. The van der Waals surface area contributed by atoms with Crippen molar-refractivity contribution in [2.75, 3.05) is 24.5 Å². The van der Waals surface area contributed by atoms with Crippen molar-refractivity contribution in [3.8, 4) is 0 Å². The number of aromatic nitrogens is 1.